The van der Waals surface area contributed by atoms with Gasteiger partial charge in [-0.15, -0.1) is 0 Å². The molecule has 2 nitrogen and oxygen atoms in total. The molecule has 1 atom stereocenters. The summed E-state index contributed by atoms with van der Waals surface area (Å²) < 4.78 is 6.88. The van der Waals surface area contributed by atoms with Crippen LogP contribution in [0.15, 0.2) is 33.4 Å². The van der Waals surface area contributed by atoms with Gasteiger partial charge in [-0.1, -0.05) is 22.9 Å². The SMILES string of the molecule is CCNC(c1cscc1C)c1cc(Br)ccc1OCC. The monoisotopic (exact) mass is 353 g/mol. The summed E-state index contributed by atoms with van der Waals surface area (Å²) >= 11 is 5.31. The van der Waals surface area contributed by atoms with Gasteiger partial charge in [-0.3, -0.25) is 0 Å². The number of rotatable bonds is 6. The number of ether oxygens (including phenoxy) is 1. The van der Waals surface area contributed by atoms with E-state index >= 15 is 0 Å². The lowest BCUT2D eigenvalue weighted by molar-refractivity contribution is 0.333. The molecule has 0 aliphatic heterocycles. The predicted octanol–water partition coefficient (Wildman–Crippen LogP) is 4.92. The maximum atomic E-state index is 5.80. The van der Waals surface area contributed by atoms with Gasteiger partial charge in [0.15, 0.2) is 0 Å². The zero-order valence-corrected chi connectivity index (χ0v) is 14.5. The van der Waals surface area contributed by atoms with Gasteiger partial charge in [0.1, 0.15) is 5.75 Å². The Labute approximate surface area is 133 Å². The molecule has 2 aromatic rings. The molecule has 4 heteroatoms. The molecular formula is C16H20BrNOS. The Morgan fingerprint density at radius 1 is 1.25 bits per heavy atom. The van der Waals surface area contributed by atoms with Crippen molar-refractivity contribution in [1.29, 1.82) is 0 Å². The summed E-state index contributed by atoms with van der Waals surface area (Å²) in [5, 5.41) is 7.99. The number of hydrogen-bond donors (Lipinski definition) is 1. The first kappa shape index (κ1) is 15.5. The standard InChI is InChI=1S/C16H20BrNOS/c1-4-18-16(14-10-20-9-11(14)3)13-8-12(17)6-7-15(13)19-5-2/h6-10,16,18H,4-5H2,1-3H3. The molecule has 0 aliphatic carbocycles. The molecule has 2 rings (SSSR count). The third kappa shape index (κ3) is 3.43. The molecule has 1 aromatic heterocycles. The maximum absolute atomic E-state index is 5.80. The van der Waals surface area contributed by atoms with Crippen LogP contribution in [-0.2, 0) is 0 Å². The molecule has 0 radical (unpaired) electrons. The van der Waals surface area contributed by atoms with Gasteiger partial charge in [0, 0.05) is 10.0 Å². The molecule has 1 aromatic carbocycles. The summed E-state index contributed by atoms with van der Waals surface area (Å²) in [4.78, 5) is 0. The fourth-order valence-corrected chi connectivity index (χ4v) is 3.55. The van der Waals surface area contributed by atoms with Crippen LogP contribution < -0.4 is 10.1 Å². The van der Waals surface area contributed by atoms with E-state index in [2.05, 4.69) is 51.9 Å². The first-order valence-corrected chi connectivity index (χ1v) is 8.59. The van der Waals surface area contributed by atoms with Crippen molar-refractivity contribution in [2.45, 2.75) is 26.8 Å². The number of hydrogen-bond acceptors (Lipinski definition) is 3. The second kappa shape index (κ2) is 7.25. The minimum atomic E-state index is 0.172. The highest BCUT2D eigenvalue weighted by atomic mass is 79.9. The van der Waals surface area contributed by atoms with Crippen molar-refractivity contribution in [2.75, 3.05) is 13.2 Å². The number of halogens is 1. The molecule has 20 heavy (non-hydrogen) atoms. The topological polar surface area (TPSA) is 21.3 Å². The second-order valence-corrected chi connectivity index (χ2v) is 6.28. The first-order chi connectivity index (χ1) is 9.67. The largest absolute Gasteiger partial charge is 0.494 e. The molecule has 0 bridgehead atoms. The fraction of sp³-hybridized carbons (Fsp3) is 0.375. The molecule has 0 saturated carbocycles. The van der Waals surface area contributed by atoms with E-state index in [-0.39, 0.29) is 6.04 Å². The number of aryl methyl sites for hydroxylation is 1. The second-order valence-electron chi connectivity index (χ2n) is 4.62. The highest BCUT2D eigenvalue weighted by Crippen LogP contribution is 2.35. The van der Waals surface area contributed by atoms with E-state index in [4.69, 9.17) is 4.74 Å². The van der Waals surface area contributed by atoms with Crippen molar-refractivity contribution in [2.24, 2.45) is 0 Å². The summed E-state index contributed by atoms with van der Waals surface area (Å²) in [5.74, 6) is 0.951. The lowest BCUT2D eigenvalue weighted by Crippen LogP contribution is -2.23. The Kier molecular flexibility index (Phi) is 5.64. The molecule has 1 unspecified atom stereocenters. The van der Waals surface area contributed by atoms with Crippen LogP contribution in [0.25, 0.3) is 0 Å². The van der Waals surface area contributed by atoms with Crippen LogP contribution >= 0.6 is 27.3 Å². The summed E-state index contributed by atoms with van der Waals surface area (Å²) in [6, 6.07) is 6.38. The number of benzene rings is 1. The quantitative estimate of drug-likeness (QED) is 0.795. The van der Waals surface area contributed by atoms with E-state index in [1.807, 2.05) is 19.1 Å². The highest BCUT2D eigenvalue weighted by Gasteiger charge is 2.20. The molecule has 0 aliphatic rings. The van der Waals surface area contributed by atoms with Gasteiger partial charge in [0.25, 0.3) is 0 Å². The van der Waals surface area contributed by atoms with Crippen LogP contribution in [-0.4, -0.2) is 13.2 Å². The van der Waals surface area contributed by atoms with Gasteiger partial charge >= 0.3 is 0 Å². The molecule has 108 valence electrons. The summed E-state index contributed by atoms with van der Waals surface area (Å²) in [6.07, 6.45) is 0. The van der Waals surface area contributed by atoms with Gasteiger partial charge in [0.05, 0.1) is 12.6 Å². The Morgan fingerprint density at radius 2 is 2.05 bits per heavy atom. The lowest BCUT2D eigenvalue weighted by atomic mass is 9.97. The predicted molar refractivity (Wildman–Crippen MR) is 89.9 cm³/mol. The van der Waals surface area contributed by atoms with Crippen molar-refractivity contribution in [3.63, 3.8) is 0 Å². The van der Waals surface area contributed by atoms with Crippen LogP contribution in [0, 0.1) is 6.92 Å². The zero-order chi connectivity index (χ0) is 14.5. The van der Waals surface area contributed by atoms with Crippen molar-refractivity contribution >= 4 is 27.3 Å². The molecule has 0 spiro atoms. The van der Waals surface area contributed by atoms with Gasteiger partial charge in [-0.2, -0.15) is 11.3 Å². The van der Waals surface area contributed by atoms with Crippen LogP contribution in [0.4, 0.5) is 0 Å². The van der Waals surface area contributed by atoms with Crippen LogP contribution in [0.5, 0.6) is 5.75 Å². The van der Waals surface area contributed by atoms with Crippen LogP contribution in [0.2, 0.25) is 0 Å². The minimum Gasteiger partial charge on any atom is -0.494 e. The Balaban J connectivity index is 2.48. The van der Waals surface area contributed by atoms with E-state index in [0.717, 1.165) is 16.8 Å². The number of thiophene rings is 1. The van der Waals surface area contributed by atoms with Gasteiger partial charge in [-0.05, 0) is 60.5 Å². The van der Waals surface area contributed by atoms with Crippen molar-refractivity contribution in [3.05, 3.63) is 50.1 Å². The number of nitrogens with one attached hydrogen (secondary N) is 1. The maximum Gasteiger partial charge on any atom is 0.124 e. The van der Waals surface area contributed by atoms with Gasteiger partial charge in [0.2, 0.25) is 0 Å². The van der Waals surface area contributed by atoms with E-state index in [9.17, 15) is 0 Å². The fourth-order valence-electron chi connectivity index (χ4n) is 2.29. The van der Waals surface area contributed by atoms with E-state index in [1.165, 1.54) is 16.7 Å². The molecule has 0 saturated heterocycles. The van der Waals surface area contributed by atoms with E-state index in [1.54, 1.807) is 11.3 Å². The molecule has 1 N–H and O–H groups in total. The molecular weight excluding hydrogens is 334 g/mol. The van der Waals surface area contributed by atoms with Crippen molar-refractivity contribution in [3.8, 4) is 5.75 Å². The van der Waals surface area contributed by atoms with Gasteiger partial charge < -0.3 is 10.1 Å². The normalized spacial score (nSPS) is 12.4. The lowest BCUT2D eigenvalue weighted by Gasteiger charge is -2.22. The van der Waals surface area contributed by atoms with Crippen LogP contribution in [0.1, 0.15) is 36.6 Å². The average Bonchev–Trinajstić information content (AvgIpc) is 2.85. The Bertz CT molecular complexity index is 567. The summed E-state index contributed by atoms with van der Waals surface area (Å²) in [7, 11) is 0. The van der Waals surface area contributed by atoms with Crippen molar-refractivity contribution in [1.82, 2.24) is 5.32 Å². The molecule has 0 amide bonds. The van der Waals surface area contributed by atoms with E-state index in [0.29, 0.717) is 6.61 Å². The van der Waals surface area contributed by atoms with Crippen molar-refractivity contribution < 1.29 is 4.74 Å². The van der Waals surface area contributed by atoms with E-state index < -0.39 is 0 Å². The van der Waals surface area contributed by atoms with Gasteiger partial charge in [-0.25, -0.2) is 0 Å². The smallest absolute Gasteiger partial charge is 0.124 e. The molecule has 1 heterocycles. The average molecular weight is 354 g/mol. The third-order valence-electron chi connectivity index (χ3n) is 3.20. The Hall–Kier alpha value is -0.840. The van der Waals surface area contributed by atoms with Crippen LogP contribution in [0.3, 0.4) is 0 Å². The zero-order valence-electron chi connectivity index (χ0n) is 12.1. The highest BCUT2D eigenvalue weighted by molar-refractivity contribution is 9.10. The minimum absolute atomic E-state index is 0.172. The summed E-state index contributed by atoms with van der Waals surface area (Å²) in [5.41, 5.74) is 3.84. The third-order valence-corrected chi connectivity index (χ3v) is 4.57. The first-order valence-electron chi connectivity index (χ1n) is 6.85. The molecule has 0 fully saturated rings. The summed E-state index contributed by atoms with van der Waals surface area (Å²) in [6.45, 7) is 7.90. The Morgan fingerprint density at radius 3 is 2.65 bits per heavy atom.